The summed E-state index contributed by atoms with van der Waals surface area (Å²) in [5, 5.41) is 5.62. The highest BCUT2D eigenvalue weighted by Crippen LogP contribution is 2.27. The van der Waals surface area contributed by atoms with Crippen LogP contribution in [0.5, 0.6) is 0 Å². The van der Waals surface area contributed by atoms with Crippen LogP contribution in [-0.4, -0.2) is 25.2 Å². The van der Waals surface area contributed by atoms with Crippen molar-refractivity contribution < 1.29 is 18.0 Å². The van der Waals surface area contributed by atoms with Gasteiger partial charge in [-0.3, -0.25) is 4.79 Å². The van der Waals surface area contributed by atoms with Crippen molar-refractivity contribution in [3.8, 4) is 0 Å². The van der Waals surface area contributed by atoms with E-state index in [1.165, 1.54) is 31.0 Å². The highest BCUT2D eigenvalue weighted by atomic mass is 19.4. The van der Waals surface area contributed by atoms with Crippen LogP contribution in [0.25, 0.3) is 0 Å². The highest BCUT2D eigenvalue weighted by Gasteiger charge is 2.27. The fourth-order valence-electron chi connectivity index (χ4n) is 1.91. The van der Waals surface area contributed by atoms with Crippen LogP contribution in [0.4, 0.5) is 18.9 Å². The lowest BCUT2D eigenvalue weighted by atomic mass is 10.1. The van der Waals surface area contributed by atoms with E-state index in [0.29, 0.717) is 11.6 Å². The summed E-state index contributed by atoms with van der Waals surface area (Å²) in [6.45, 7) is 1.00. The molecule has 0 unspecified atom stereocenters. The summed E-state index contributed by atoms with van der Waals surface area (Å²) in [5.41, 5.74) is 0.534. The van der Waals surface area contributed by atoms with E-state index in [4.69, 9.17) is 0 Å². The second-order valence-corrected chi connectivity index (χ2v) is 5.11. The summed E-state index contributed by atoms with van der Waals surface area (Å²) in [5.74, 6) is 0.438. The zero-order chi connectivity index (χ0) is 14.6. The maximum Gasteiger partial charge on any atom is 0.393 e. The molecule has 0 spiro atoms. The Balaban J connectivity index is 1.81. The molecular formula is C14H17F3N2O. The number of halogens is 3. The van der Waals surface area contributed by atoms with E-state index in [0.717, 1.165) is 6.54 Å². The number of hydrogen-bond donors (Lipinski definition) is 2. The van der Waals surface area contributed by atoms with E-state index in [1.54, 1.807) is 6.07 Å². The predicted octanol–water partition coefficient (Wildman–Crippen LogP) is 2.73. The minimum Gasteiger partial charge on any atom is -0.325 e. The second-order valence-electron chi connectivity index (χ2n) is 5.11. The minimum absolute atomic E-state index is 0.140. The first-order valence-electron chi connectivity index (χ1n) is 6.58. The Bertz CT molecular complexity index is 470. The topological polar surface area (TPSA) is 41.1 Å². The number of carbonyl (C=O) groups is 1. The number of hydrogen-bond acceptors (Lipinski definition) is 2. The average molecular weight is 286 g/mol. The molecule has 1 aromatic carbocycles. The molecule has 20 heavy (non-hydrogen) atoms. The first-order valence-corrected chi connectivity index (χ1v) is 6.58. The van der Waals surface area contributed by atoms with E-state index in [9.17, 15) is 18.0 Å². The molecule has 0 aliphatic heterocycles. The molecule has 1 saturated carbocycles. The lowest BCUT2D eigenvalue weighted by molar-refractivity contribution is -0.127. The van der Waals surface area contributed by atoms with Crippen molar-refractivity contribution in [1.29, 1.82) is 0 Å². The van der Waals surface area contributed by atoms with E-state index in [-0.39, 0.29) is 18.0 Å². The quantitative estimate of drug-likeness (QED) is 0.844. The smallest absolute Gasteiger partial charge is 0.325 e. The number of anilines is 1. The van der Waals surface area contributed by atoms with Gasteiger partial charge in [0.2, 0.25) is 5.91 Å². The zero-order valence-corrected chi connectivity index (χ0v) is 11.0. The number of carbonyl (C=O) groups excluding carboxylic acids is 1. The van der Waals surface area contributed by atoms with Crippen molar-refractivity contribution in [2.75, 3.05) is 18.4 Å². The molecule has 0 atom stereocenters. The summed E-state index contributed by atoms with van der Waals surface area (Å²) < 4.78 is 36.9. The third kappa shape index (κ3) is 5.61. The van der Waals surface area contributed by atoms with Crippen LogP contribution in [0.15, 0.2) is 24.3 Å². The van der Waals surface area contributed by atoms with Gasteiger partial charge in [-0.1, -0.05) is 12.1 Å². The van der Waals surface area contributed by atoms with Crippen LogP contribution in [0, 0.1) is 5.92 Å². The SMILES string of the molecule is O=C(CNCC1CC1)Nc1cccc(CC(F)(F)F)c1. The lowest BCUT2D eigenvalue weighted by Gasteiger charge is -2.09. The van der Waals surface area contributed by atoms with E-state index < -0.39 is 12.6 Å². The number of alkyl halides is 3. The maximum absolute atomic E-state index is 12.3. The first-order chi connectivity index (χ1) is 9.42. The molecule has 0 radical (unpaired) electrons. The second kappa shape index (κ2) is 6.26. The molecule has 0 heterocycles. The average Bonchev–Trinajstić information content (AvgIpc) is 3.11. The third-order valence-electron chi connectivity index (χ3n) is 3.03. The predicted molar refractivity (Wildman–Crippen MR) is 70.4 cm³/mol. The van der Waals surface area contributed by atoms with Crippen LogP contribution in [-0.2, 0) is 11.2 Å². The van der Waals surface area contributed by atoms with Gasteiger partial charge < -0.3 is 10.6 Å². The van der Waals surface area contributed by atoms with Crippen molar-refractivity contribution in [2.45, 2.75) is 25.4 Å². The molecule has 1 fully saturated rings. The summed E-state index contributed by atoms with van der Waals surface area (Å²) in [4.78, 5) is 11.6. The Kier molecular flexibility index (Phi) is 4.65. The van der Waals surface area contributed by atoms with Gasteiger partial charge in [0, 0.05) is 5.69 Å². The zero-order valence-electron chi connectivity index (χ0n) is 11.0. The molecule has 2 rings (SSSR count). The lowest BCUT2D eigenvalue weighted by Crippen LogP contribution is -2.29. The molecular weight excluding hydrogens is 269 g/mol. The van der Waals surface area contributed by atoms with Crippen LogP contribution in [0.2, 0.25) is 0 Å². The Morgan fingerprint density at radius 2 is 2.05 bits per heavy atom. The normalized spacial score (nSPS) is 15.2. The number of amides is 1. The van der Waals surface area contributed by atoms with Gasteiger partial charge in [0.1, 0.15) is 0 Å². The maximum atomic E-state index is 12.3. The molecule has 1 aliphatic rings. The van der Waals surface area contributed by atoms with E-state index >= 15 is 0 Å². The molecule has 1 amide bonds. The van der Waals surface area contributed by atoms with Gasteiger partial charge in [-0.05, 0) is 43.0 Å². The summed E-state index contributed by atoms with van der Waals surface area (Å²) >= 11 is 0. The minimum atomic E-state index is -4.24. The van der Waals surface area contributed by atoms with Crippen molar-refractivity contribution >= 4 is 11.6 Å². The fourth-order valence-corrected chi connectivity index (χ4v) is 1.91. The molecule has 6 heteroatoms. The van der Waals surface area contributed by atoms with Crippen molar-refractivity contribution in [3.63, 3.8) is 0 Å². The number of rotatable bonds is 6. The molecule has 1 aromatic rings. The van der Waals surface area contributed by atoms with Crippen molar-refractivity contribution in [2.24, 2.45) is 5.92 Å². The third-order valence-corrected chi connectivity index (χ3v) is 3.03. The Labute approximate surface area is 115 Å². The summed E-state index contributed by atoms with van der Waals surface area (Å²) in [7, 11) is 0. The number of nitrogens with one attached hydrogen (secondary N) is 2. The number of benzene rings is 1. The van der Waals surface area contributed by atoms with Crippen LogP contribution in [0.1, 0.15) is 18.4 Å². The largest absolute Gasteiger partial charge is 0.393 e. The van der Waals surface area contributed by atoms with Crippen molar-refractivity contribution in [1.82, 2.24) is 5.32 Å². The molecule has 2 N–H and O–H groups in total. The van der Waals surface area contributed by atoms with Gasteiger partial charge in [-0.2, -0.15) is 13.2 Å². The monoisotopic (exact) mass is 286 g/mol. The summed E-state index contributed by atoms with van der Waals surface area (Å²) in [6, 6.07) is 5.84. The van der Waals surface area contributed by atoms with Gasteiger partial charge >= 0.3 is 6.18 Å². The molecule has 0 bridgehead atoms. The van der Waals surface area contributed by atoms with E-state index in [2.05, 4.69) is 10.6 Å². The summed E-state index contributed by atoms with van der Waals surface area (Å²) in [6.07, 6.45) is -2.83. The fraction of sp³-hybridized carbons (Fsp3) is 0.500. The van der Waals surface area contributed by atoms with Gasteiger partial charge in [0.05, 0.1) is 13.0 Å². The van der Waals surface area contributed by atoms with Crippen LogP contribution < -0.4 is 10.6 Å². The van der Waals surface area contributed by atoms with Gasteiger partial charge in [0.15, 0.2) is 0 Å². The molecule has 1 aliphatic carbocycles. The molecule has 0 saturated heterocycles. The molecule has 110 valence electrons. The Morgan fingerprint density at radius 1 is 1.30 bits per heavy atom. The standard InChI is InChI=1S/C14H17F3N2O/c15-14(16,17)7-11-2-1-3-12(6-11)19-13(20)9-18-8-10-4-5-10/h1-3,6,10,18H,4-5,7-9H2,(H,19,20). The van der Waals surface area contributed by atoms with E-state index in [1.807, 2.05) is 0 Å². The van der Waals surface area contributed by atoms with Gasteiger partial charge in [0.25, 0.3) is 0 Å². The molecule has 3 nitrogen and oxygen atoms in total. The van der Waals surface area contributed by atoms with Gasteiger partial charge in [-0.15, -0.1) is 0 Å². The molecule has 0 aromatic heterocycles. The van der Waals surface area contributed by atoms with Crippen LogP contribution in [0.3, 0.4) is 0 Å². The highest BCUT2D eigenvalue weighted by molar-refractivity contribution is 5.92. The van der Waals surface area contributed by atoms with Crippen molar-refractivity contribution in [3.05, 3.63) is 29.8 Å². The first kappa shape index (κ1) is 14.8. The van der Waals surface area contributed by atoms with Crippen LogP contribution >= 0.6 is 0 Å². The van der Waals surface area contributed by atoms with Gasteiger partial charge in [-0.25, -0.2) is 0 Å². The Morgan fingerprint density at radius 3 is 2.70 bits per heavy atom. The Hall–Kier alpha value is -1.56.